The summed E-state index contributed by atoms with van der Waals surface area (Å²) in [5.74, 6) is -0.486. The summed E-state index contributed by atoms with van der Waals surface area (Å²) in [6, 6.07) is 11.6. The van der Waals surface area contributed by atoms with E-state index >= 15 is 0 Å². The Kier molecular flexibility index (Phi) is 3.64. The number of aromatic nitrogens is 2. The number of H-pyrrole nitrogens is 1. The SMILES string of the molecule is O=S(=O)(Nc1cccc(-c2cnc[nH]2)c1)c1ccc(F)cc1. The molecule has 0 unspecified atom stereocenters. The van der Waals surface area contributed by atoms with E-state index in [9.17, 15) is 12.8 Å². The summed E-state index contributed by atoms with van der Waals surface area (Å²) in [4.78, 5) is 6.88. The van der Waals surface area contributed by atoms with Gasteiger partial charge in [0, 0.05) is 11.3 Å². The van der Waals surface area contributed by atoms with E-state index < -0.39 is 15.8 Å². The predicted molar refractivity (Wildman–Crippen MR) is 81.2 cm³/mol. The van der Waals surface area contributed by atoms with Crippen molar-refractivity contribution in [1.29, 1.82) is 0 Å². The lowest BCUT2D eigenvalue weighted by Gasteiger charge is -2.09. The molecule has 3 aromatic rings. The van der Waals surface area contributed by atoms with Gasteiger partial charge < -0.3 is 4.98 Å². The molecular formula is C15H12FN3O2S. The lowest BCUT2D eigenvalue weighted by molar-refractivity contribution is 0.599. The van der Waals surface area contributed by atoms with E-state index in [1.807, 2.05) is 6.07 Å². The van der Waals surface area contributed by atoms with E-state index in [4.69, 9.17) is 0 Å². The summed E-state index contributed by atoms with van der Waals surface area (Å²) in [5.41, 5.74) is 2.00. The summed E-state index contributed by atoms with van der Waals surface area (Å²) < 4.78 is 39.9. The molecule has 0 spiro atoms. The Balaban J connectivity index is 1.89. The molecule has 0 aliphatic heterocycles. The number of rotatable bonds is 4. The molecule has 112 valence electrons. The number of hydrogen-bond donors (Lipinski definition) is 2. The molecule has 1 heterocycles. The van der Waals surface area contributed by atoms with Crippen LogP contribution in [0.4, 0.5) is 10.1 Å². The maximum atomic E-state index is 12.9. The third-order valence-corrected chi connectivity index (χ3v) is 4.45. The van der Waals surface area contributed by atoms with E-state index in [1.165, 1.54) is 12.1 Å². The first-order valence-electron chi connectivity index (χ1n) is 6.42. The Morgan fingerprint density at radius 1 is 1.09 bits per heavy atom. The number of sulfonamides is 1. The van der Waals surface area contributed by atoms with E-state index in [-0.39, 0.29) is 4.90 Å². The number of halogens is 1. The molecule has 0 atom stereocenters. The molecule has 0 aliphatic carbocycles. The second-order valence-corrected chi connectivity index (χ2v) is 6.29. The molecule has 0 bridgehead atoms. The molecular weight excluding hydrogens is 305 g/mol. The van der Waals surface area contributed by atoms with Crippen molar-refractivity contribution in [2.45, 2.75) is 4.90 Å². The fourth-order valence-electron chi connectivity index (χ4n) is 1.99. The summed E-state index contributed by atoms with van der Waals surface area (Å²) in [6.07, 6.45) is 3.19. The molecule has 3 rings (SSSR count). The second-order valence-electron chi connectivity index (χ2n) is 4.61. The highest BCUT2D eigenvalue weighted by Gasteiger charge is 2.14. The van der Waals surface area contributed by atoms with Gasteiger partial charge in [-0.3, -0.25) is 4.72 Å². The Morgan fingerprint density at radius 3 is 2.55 bits per heavy atom. The topological polar surface area (TPSA) is 74.8 Å². The molecule has 1 aromatic heterocycles. The van der Waals surface area contributed by atoms with Gasteiger partial charge in [0.25, 0.3) is 10.0 Å². The van der Waals surface area contributed by atoms with Gasteiger partial charge in [0.15, 0.2) is 0 Å². The Hall–Kier alpha value is -2.67. The Morgan fingerprint density at radius 2 is 1.86 bits per heavy atom. The van der Waals surface area contributed by atoms with Gasteiger partial charge in [-0.1, -0.05) is 12.1 Å². The number of benzene rings is 2. The van der Waals surface area contributed by atoms with Crippen molar-refractivity contribution >= 4 is 15.7 Å². The number of nitrogens with one attached hydrogen (secondary N) is 2. The molecule has 2 aromatic carbocycles. The van der Waals surface area contributed by atoms with Crippen molar-refractivity contribution in [3.05, 3.63) is 66.9 Å². The van der Waals surface area contributed by atoms with Gasteiger partial charge in [-0.05, 0) is 36.4 Å². The van der Waals surface area contributed by atoms with E-state index in [0.717, 1.165) is 23.4 Å². The highest BCUT2D eigenvalue weighted by atomic mass is 32.2. The third-order valence-electron chi connectivity index (χ3n) is 3.05. The van der Waals surface area contributed by atoms with E-state index in [0.29, 0.717) is 5.69 Å². The third kappa shape index (κ3) is 2.99. The number of hydrogen-bond acceptors (Lipinski definition) is 3. The van der Waals surface area contributed by atoms with Crippen LogP contribution in [-0.4, -0.2) is 18.4 Å². The van der Waals surface area contributed by atoms with Crippen LogP contribution in [0.3, 0.4) is 0 Å². The van der Waals surface area contributed by atoms with Crippen LogP contribution < -0.4 is 4.72 Å². The first-order chi connectivity index (χ1) is 10.5. The van der Waals surface area contributed by atoms with Gasteiger partial charge in [0.05, 0.1) is 23.1 Å². The molecule has 0 aliphatic rings. The normalized spacial score (nSPS) is 11.3. The summed E-state index contributed by atoms with van der Waals surface area (Å²) in [6.45, 7) is 0. The van der Waals surface area contributed by atoms with Crippen LogP contribution in [0.5, 0.6) is 0 Å². The van der Waals surface area contributed by atoms with Crippen LogP contribution >= 0.6 is 0 Å². The highest BCUT2D eigenvalue weighted by Crippen LogP contribution is 2.22. The average molecular weight is 317 g/mol. The first kappa shape index (κ1) is 14.3. The number of anilines is 1. The molecule has 22 heavy (non-hydrogen) atoms. The lowest BCUT2D eigenvalue weighted by atomic mass is 10.1. The zero-order chi connectivity index (χ0) is 15.6. The van der Waals surface area contributed by atoms with Crippen molar-refractivity contribution < 1.29 is 12.8 Å². The first-order valence-corrected chi connectivity index (χ1v) is 7.90. The number of imidazole rings is 1. The quantitative estimate of drug-likeness (QED) is 0.776. The van der Waals surface area contributed by atoms with Gasteiger partial charge in [-0.25, -0.2) is 17.8 Å². The van der Waals surface area contributed by atoms with Gasteiger partial charge in [-0.15, -0.1) is 0 Å². The number of aromatic amines is 1. The Labute approximate surface area is 126 Å². The Bertz CT molecular complexity index is 875. The molecule has 2 N–H and O–H groups in total. The zero-order valence-electron chi connectivity index (χ0n) is 11.3. The fourth-order valence-corrected chi connectivity index (χ4v) is 3.04. The standard InChI is InChI=1S/C15H12FN3O2S/c16-12-4-6-14(7-5-12)22(20,21)19-13-3-1-2-11(8-13)15-9-17-10-18-15/h1-10,19H,(H,17,18). The van der Waals surface area contributed by atoms with Crippen LogP contribution in [-0.2, 0) is 10.0 Å². The second kappa shape index (κ2) is 5.61. The van der Waals surface area contributed by atoms with Gasteiger partial charge >= 0.3 is 0 Å². The van der Waals surface area contributed by atoms with Crippen LogP contribution in [0, 0.1) is 5.82 Å². The van der Waals surface area contributed by atoms with Gasteiger partial charge in [0.2, 0.25) is 0 Å². The fraction of sp³-hybridized carbons (Fsp3) is 0. The predicted octanol–water partition coefficient (Wildman–Crippen LogP) is 3.02. The van der Waals surface area contributed by atoms with Crippen LogP contribution in [0.1, 0.15) is 0 Å². The van der Waals surface area contributed by atoms with Crippen molar-refractivity contribution in [1.82, 2.24) is 9.97 Å². The highest BCUT2D eigenvalue weighted by molar-refractivity contribution is 7.92. The number of nitrogens with zero attached hydrogens (tertiary/aromatic N) is 1. The maximum absolute atomic E-state index is 12.9. The van der Waals surface area contributed by atoms with E-state index in [2.05, 4.69) is 14.7 Å². The van der Waals surface area contributed by atoms with Crippen LogP contribution in [0.2, 0.25) is 0 Å². The lowest BCUT2D eigenvalue weighted by Crippen LogP contribution is -2.12. The van der Waals surface area contributed by atoms with Gasteiger partial charge in [0.1, 0.15) is 5.82 Å². The largest absolute Gasteiger partial charge is 0.345 e. The summed E-state index contributed by atoms with van der Waals surface area (Å²) in [7, 11) is -3.76. The minimum absolute atomic E-state index is 0.000781. The molecule has 0 saturated carbocycles. The molecule has 5 nitrogen and oxygen atoms in total. The average Bonchev–Trinajstić information content (AvgIpc) is 3.02. The summed E-state index contributed by atoms with van der Waals surface area (Å²) in [5, 5.41) is 0. The molecule has 0 radical (unpaired) electrons. The molecule has 0 saturated heterocycles. The smallest absolute Gasteiger partial charge is 0.261 e. The van der Waals surface area contributed by atoms with E-state index in [1.54, 1.807) is 30.7 Å². The molecule has 0 fully saturated rings. The minimum atomic E-state index is -3.76. The van der Waals surface area contributed by atoms with Crippen molar-refractivity contribution in [2.75, 3.05) is 4.72 Å². The van der Waals surface area contributed by atoms with Crippen LogP contribution in [0.15, 0.2) is 66.0 Å². The van der Waals surface area contributed by atoms with Crippen molar-refractivity contribution in [3.8, 4) is 11.3 Å². The van der Waals surface area contributed by atoms with Crippen molar-refractivity contribution in [3.63, 3.8) is 0 Å². The summed E-state index contributed by atoms with van der Waals surface area (Å²) >= 11 is 0. The molecule has 0 amide bonds. The minimum Gasteiger partial charge on any atom is -0.345 e. The van der Waals surface area contributed by atoms with Gasteiger partial charge in [-0.2, -0.15) is 0 Å². The zero-order valence-corrected chi connectivity index (χ0v) is 12.1. The molecule has 7 heteroatoms. The maximum Gasteiger partial charge on any atom is 0.261 e. The van der Waals surface area contributed by atoms with Crippen LogP contribution in [0.25, 0.3) is 11.3 Å². The monoisotopic (exact) mass is 317 g/mol. The van der Waals surface area contributed by atoms with Crippen molar-refractivity contribution in [2.24, 2.45) is 0 Å².